The second-order valence-corrected chi connectivity index (χ2v) is 5.82. The summed E-state index contributed by atoms with van der Waals surface area (Å²) in [5.74, 6) is 0.365. The number of hydrogen-bond acceptors (Lipinski definition) is 5. The number of rotatable bonds is 4. The van der Waals surface area contributed by atoms with E-state index in [1.807, 2.05) is 31.2 Å². The molecule has 3 N–H and O–H groups in total. The highest BCUT2D eigenvalue weighted by molar-refractivity contribution is 5.97. The van der Waals surface area contributed by atoms with Gasteiger partial charge in [-0.3, -0.25) is 20.3 Å². The van der Waals surface area contributed by atoms with Crippen LogP contribution in [0.5, 0.6) is 0 Å². The van der Waals surface area contributed by atoms with Gasteiger partial charge in [0, 0.05) is 42.5 Å². The molecule has 1 aromatic carbocycles. The van der Waals surface area contributed by atoms with Crippen molar-refractivity contribution in [2.45, 2.75) is 6.92 Å². The molecular weight excluding hydrogens is 342 g/mol. The SMILES string of the molecule is CCNC(=O)Nc1nc2cc(-c3cccnc3)cc(-c3cnccn3)c2[nH]1. The Labute approximate surface area is 155 Å². The third kappa shape index (κ3) is 3.45. The van der Waals surface area contributed by atoms with Gasteiger partial charge in [0.1, 0.15) is 0 Å². The number of imidazole rings is 1. The molecule has 0 atom stereocenters. The van der Waals surface area contributed by atoms with Crippen LogP contribution < -0.4 is 10.6 Å². The van der Waals surface area contributed by atoms with Crippen LogP contribution in [0.15, 0.2) is 55.2 Å². The summed E-state index contributed by atoms with van der Waals surface area (Å²) in [7, 11) is 0. The summed E-state index contributed by atoms with van der Waals surface area (Å²) in [6.07, 6.45) is 8.49. The number of urea groups is 1. The molecule has 0 radical (unpaired) electrons. The van der Waals surface area contributed by atoms with Gasteiger partial charge in [0.05, 0.1) is 22.9 Å². The van der Waals surface area contributed by atoms with Crippen molar-refractivity contribution in [1.82, 2.24) is 30.2 Å². The summed E-state index contributed by atoms with van der Waals surface area (Å²) in [6.45, 7) is 2.38. The van der Waals surface area contributed by atoms with Crippen molar-refractivity contribution < 1.29 is 4.79 Å². The Morgan fingerprint density at radius 3 is 2.74 bits per heavy atom. The van der Waals surface area contributed by atoms with Crippen molar-refractivity contribution >= 4 is 23.0 Å². The van der Waals surface area contributed by atoms with Crippen LogP contribution in [0.2, 0.25) is 0 Å². The number of amides is 2. The predicted octanol–water partition coefficient (Wildman–Crippen LogP) is 3.22. The molecule has 0 fully saturated rings. The summed E-state index contributed by atoms with van der Waals surface area (Å²) in [5.41, 5.74) is 4.95. The molecule has 0 aliphatic heterocycles. The van der Waals surface area contributed by atoms with Crippen molar-refractivity contribution in [2.75, 3.05) is 11.9 Å². The van der Waals surface area contributed by atoms with Gasteiger partial charge in [-0.2, -0.15) is 0 Å². The highest BCUT2D eigenvalue weighted by Gasteiger charge is 2.14. The van der Waals surface area contributed by atoms with E-state index in [0.717, 1.165) is 22.2 Å². The Balaban J connectivity index is 1.86. The number of H-pyrrole nitrogens is 1. The fraction of sp³-hybridized carbons (Fsp3) is 0.105. The van der Waals surface area contributed by atoms with Crippen molar-refractivity contribution in [3.8, 4) is 22.4 Å². The van der Waals surface area contributed by atoms with Crippen LogP contribution in [0.3, 0.4) is 0 Å². The lowest BCUT2D eigenvalue weighted by Crippen LogP contribution is -2.28. The number of pyridine rings is 1. The van der Waals surface area contributed by atoms with Crippen molar-refractivity contribution in [1.29, 1.82) is 0 Å². The maximum absolute atomic E-state index is 11.8. The van der Waals surface area contributed by atoms with Gasteiger partial charge in [0.15, 0.2) is 0 Å². The Kier molecular flexibility index (Phi) is 4.44. The Morgan fingerprint density at radius 1 is 1.11 bits per heavy atom. The lowest BCUT2D eigenvalue weighted by atomic mass is 10.0. The molecule has 8 nitrogen and oxygen atoms in total. The quantitative estimate of drug-likeness (QED) is 0.518. The highest BCUT2D eigenvalue weighted by Crippen LogP contribution is 2.32. The van der Waals surface area contributed by atoms with Gasteiger partial charge in [-0.25, -0.2) is 9.78 Å². The molecule has 2 amide bonds. The monoisotopic (exact) mass is 359 g/mol. The predicted molar refractivity (Wildman–Crippen MR) is 103 cm³/mol. The summed E-state index contributed by atoms with van der Waals surface area (Å²) in [5, 5.41) is 5.39. The van der Waals surface area contributed by atoms with Crippen LogP contribution in [0.1, 0.15) is 6.92 Å². The van der Waals surface area contributed by atoms with E-state index in [4.69, 9.17) is 0 Å². The van der Waals surface area contributed by atoms with Crippen LogP contribution in [0.25, 0.3) is 33.4 Å². The summed E-state index contributed by atoms with van der Waals surface area (Å²) >= 11 is 0. The third-order valence-corrected chi connectivity index (χ3v) is 4.00. The van der Waals surface area contributed by atoms with Crippen LogP contribution in [-0.2, 0) is 0 Å². The number of benzene rings is 1. The zero-order valence-electron chi connectivity index (χ0n) is 14.6. The first-order chi connectivity index (χ1) is 13.2. The number of hydrogen-bond donors (Lipinski definition) is 3. The zero-order valence-corrected chi connectivity index (χ0v) is 14.6. The van der Waals surface area contributed by atoms with E-state index in [2.05, 4.69) is 35.6 Å². The molecule has 0 saturated carbocycles. The molecule has 0 spiro atoms. The molecule has 27 heavy (non-hydrogen) atoms. The lowest BCUT2D eigenvalue weighted by Gasteiger charge is -2.06. The smallest absolute Gasteiger partial charge is 0.321 e. The van der Waals surface area contributed by atoms with Crippen molar-refractivity contribution in [3.63, 3.8) is 0 Å². The van der Waals surface area contributed by atoms with Crippen LogP contribution >= 0.6 is 0 Å². The van der Waals surface area contributed by atoms with Crippen LogP contribution in [0.4, 0.5) is 10.7 Å². The second-order valence-electron chi connectivity index (χ2n) is 5.82. The molecule has 134 valence electrons. The van der Waals surface area contributed by atoms with Gasteiger partial charge < -0.3 is 10.3 Å². The van der Waals surface area contributed by atoms with E-state index in [-0.39, 0.29) is 6.03 Å². The van der Waals surface area contributed by atoms with Crippen molar-refractivity contribution in [3.05, 3.63) is 55.2 Å². The summed E-state index contributed by atoms with van der Waals surface area (Å²) < 4.78 is 0. The highest BCUT2D eigenvalue weighted by atomic mass is 16.2. The van der Waals surface area contributed by atoms with E-state index < -0.39 is 0 Å². The number of aromatic amines is 1. The first kappa shape index (κ1) is 16.6. The largest absolute Gasteiger partial charge is 0.338 e. The molecule has 0 bridgehead atoms. The zero-order chi connectivity index (χ0) is 18.6. The minimum Gasteiger partial charge on any atom is -0.338 e. The van der Waals surface area contributed by atoms with Crippen LogP contribution in [-0.4, -0.2) is 37.5 Å². The molecular formula is C19H17N7O. The molecule has 3 heterocycles. The number of aromatic nitrogens is 5. The van der Waals surface area contributed by atoms with Gasteiger partial charge in [0.25, 0.3) is 0 Å². The number of fused-ring (bicyclic) bond motifs is 1. The van der Waals surface area contributed by atoms with E-state index >= 15 is 0 Å². The molecule has 0 saturated heterocycles. The van der Waals surface area contributed by atoms with Gasteiger partial charge in [-0.05, 0) is 30.7 Å². The average Bonchev–Trinajstić information content (AvgIpc) is 3.11. The molecule has 8 heteroatoms. The normalized spacial score (nSPS) is 10.7. The van der Waals surface area contributed by atoms with E-state index in [9.17, 15) is 4.79 Å². The molecule has 3 aromatic heterocycles. The van der Waals surface area contributed by atoms with Gasteiger partial charge in [0.2, 0.25) is 5.95 Å². The minimum absolute atomic E-state index is 0.315. The number of anilines is 1. The van der Waals surface area contributed by atoms with E-state index in [0.29, 0.717) is 23.7 Å². The lowest BCUT2D eigenvalue weighted by molar-refractivity contribution is 0.252. The summed E-state index contributed by atoms with van der Waals surface area (Å²) in [4.78, 5) is 32.3. The fourth-order valence-electron chi connectivity index (χ4n) is 2.82. The molecule has 0 aliphatic rings. The standard InChI is InChI=1S/C19H17N7O/c1-2-22-19(27)26-18-24-15-9-13(12-4-3-5-20-10-12)8-14(17(15)25-18)16-11-21-6-7-23-16/h3-11H,2H2,1H3,(H3,22,24,25,26,27). The Hall–Kier alpha value is -3.81. The Bertz CT molecular complexity index is 1080. The first-order valence-electron chi connectivity index (χ1n) is 8.50. The van der Waals surface area contributed by atoms with Gasteiger partial charge in [-0.15, -0.1) is 0 Å². The van der Waals surface area contributed by atoms with Gasteiger partial charge in [-0.1, -0.05) is 6.07 Å². The fourth-order valence-corrected chi connectivity index (χ4v) is 2.82. The number of nitrogens with zero attached hydrogens (tertiary/aromatic N) is 4. The number of nitrogens with one attached hydrogen (secondary N) is 3. The topological polar surface area (TPSA) is 108 Å². The van der Waals surface area contributed by atoms with E-state index in [1.54, 1.807) is 31.0 Å². The maximum Gasteiger partial charge on any atom is 0.321 e. The first-order valence-corrected chi connectivity index (χ1v) is 8.50. The molecule has 0 aliphatic carbocycles. The maximum atomic E-state index is 11.8. The molecule has 0 unspecified atom stereocenters. The number of carbonyl (C=O) groups excluding carboxylic acids is 1. The minimum atomic E-state index is -0.315. The molecule has 4 rings (SSSR count). The van der Waals surface area contributed by atoms with Gasteiger partial charge >= 0.3 is 6.03 Å². The second kappa shape index (κ2) is 7.20. The summed E-state index contributed by atoms with van der Waals surface area (Å²) in [6, 6.07) is 7.51. The average molecular weight is 359 g/mol. The molecule has 4 aromatic rings. The number of carbonyl (C=O) groups is 1. The van der Waals surface area contributed by atoms with E-state index in [1.165, 1.54) is 0 Å². The third-order valence-electron chi connectivity index (χ3n) is 4.00. The van der Waals surface area contributed by atoms with Crippen LogP contribution in [0, 0.1) is 0 Å². The van der Waals surface area contributed by atoms with Crippen molar-refractivity contribution in [2.24, 2.45) is 0 Å². The Morgan fingerprint density at radius 2 is 2.00 bits per heavy atom.